The third-order valence-electron chi connectivity index (χ3n) is 3.63. The minimum absolute atomic E-state index is 0.0245. The zero-order chi connectivity index (χ0) is 16.3. The Labute approximate surface area is 136 Å². The maximum Gasteiger partial charge on any atom is 0.369 e. The number of rotatable bonds is 4. The van der Waals surface area contributed by atoms with Crippen molar-refractivity contribution in [3.63, 3.8) is 0 Å². The van der Waals surface area contributed by atoms with Gasteiger partial charge in [-0.05, 0) is 19.1 Å². The summed E-state index contributed by atoms with van der Waals surface area (Å²) < 4.78 is 16.4. The predicted octanol–water partition coefficient (Wildman–Crippen LogP) is 2.66. The van der Waals surface area contributed by atoms with Crippen LogP contribution >= 0.6 is 11.8 Å². The normalized spacial score (nSPS) is 20.7. The number of carbonyl (C=O) groups excluding carboxylic acids is 1. The summed E-state index contributed by atoms with van der Waals surface area (Å²) in [7, 11) is 1.42. The number of ether oxygens (including phenoxy) is 3. The van der Waals surface area contributed by atoms with Crippen molar-refractivity contribution in [2.45, 2.75) is 43.0 Å². The average molecular weight is 339 g/mol. The number of thioether (sulfide) groups is 1. The number of nitrogens with one attached hydrogen (secondary N) is 1. The Morgan fingerprint density at radius 2 is 2.04 bits per heavy atom. The van der Waals surface area contributed by atoms with E-state index in [9.17, 15) is 4.79 Å². The fourth-order valence-corrected chi connectivity index (χ4v) is 2.84. The molecule has 9 nitrogen and oxygen atoms in total. The second kappa shape index (κ2) is 6.57. The average Bonchev–Trinajstić information content (AvgIpc) is 3.02. The Balaban J connectivity index is 1.82. The van der Waals surface area contributed by atoms with E-state index in [4.69, 9.17) is 14.2 Å². The first-order chi connectivity index (χ1) is 11.2. The number of aromatic amines is 1. The molecular formula is C13H17N5O4S. The van der Waals surface area contributed by atoms with Crippen LogP contribution in [0.5, 0.6) is 0 Å². The summed E-state index contributed by atoms with van der Waals surface area (Å²) in [5.74, 6) is -1.33. The van der Waals surface area contributed by atoms with Gasteiger partial charge in [-0.1, -0.05) is 18.2 Å². The van der Waals surface area contributed by atoms with Crippen molar-refractivity contribution in [2.75, 3.05) is 13.4 Å². The monoisotopic (exact) mass is 339 g/mol. The number of aromatic nitrogens is 3. The first-order valence-electron chi connectivity index (χ1n) is 7.24. The summed E-state index contributed by atoms with van der Waals surface area (Å²) in [5, 5.41) is 14.7. The molecule has 3 rings (SSSR count). The number of nitrogens with zero attached hydrogens (tertiary/aromatic N) is 4. The van der Waals surface area contributed by atoms with Gasteiger partial charge in [0, 0.05) is 12.8 Å². The Bertz CT molecular complexity index is 651. The highest BCUT2D eigenvalue weighted by atomic mass is 32.2. The van der Waals surface area contributed by atoms with Gasteiger partial charge < -0.3 is 14.2 Å². The quantitative estimate of drug-likeness (QED) is 0.510. The van der Waals surface area contributed by atoms with Gasteiger partial charge in [-0.2, -0.15) is 4.98 Å². The lowest BCUT2D eigenvalue weighted by Crippen LogP contribution is -2.44. The van der Waals surface area contributed by atoms with Crippen molar-refractivity contribution in [1.29, 1.82) is 0 Å². The molecule has 1 aliphatic heterocycles. The molecule has 0 unspecified atom stereocenters. The Hall–Kier alpha value is -2.10. The zero-order valence-electron chi connectivity index (χ0n) is 12.9. The van der Waals surface area contributed by atoms with E-state index in [0.717, 1.165) is 19.3 Å². The molecule has 1 aromatic heterocycles. The van der Waals surface area contributed by atoms with Crippen LogP contribution in [0.15, 0.2) is 27.0 Å². The van der Waals surface area contributed by atoms with Crippen LogP contribution in [0.2, 0.25) is 0 Å². The molecule has 0 amide bonds. The van der Waals surface area contributed by atoms with Crippen LogP contribution in [0, 0.1) is 0 Å². The fraction of sp³-hybridized carbons (Fsp3) is 0.615. The van der Waals surface area contributed by atoms with Crippen molar-refractivity contribution in [2.24, 2.45) is 10.2 Å². The lowest BCUT2D eigenvalue weighted by atomic mass is 9.93. The van der Waals surface area contributed by atoms with Crippen LogP contribution in [-0.2, 0) is 19.0 Å². The fourth-order valence-electron chi connectivity index (χ4n) is 2.53. The van der Waals surface area contributed by atoms with Crippen LogP contribution in [0.25, 0.3) is 0 Å². The Kier molecular flexibility index (Phi) is 4.51. The summed E-state index contributed by atoms with van der Waals surface area (Å²) in [4.78, 5) is 16.3. The molecule has 0 atom stereocenters. The number of H-pyrrole nitrogens is 1. The first kappa shape index (κ1) is 15.8. The third kappa shape index (κ3) is 3.31. The van der Waals surface area contributed by atoms with Gasteiger partial charge in [0.2, 0.25) is 5.16 Å². The number of esters is 1. The topological polar surface area (TPSA) is 111 Å². The summed E-state index contributed by atoms with van der Waals surface area (Å²) in [6.07, 6.45) is 6.12. The highest BCUT2D eigenvalue weighted by Gasteiger charge is 2.45. The smallest absolute Gasteiger partial charge is 0.369 e. The minimum Gasteiger partial charge on any atom is -0.467 e. The predicted molar refractivity (Wildman–Crippen MR) is 79.7 cm³/mol. The molecule has 1 fully saturated rings. The summed E-state index contributed by atoms with van der Waals surface area (Å²) >= 11 is 1.36. The highest BCUT2D eigenvalue weighted by Crippen LogP contribution is 2.39. The van der Waals surface area contributed by atoms with Crippen molar-refractivity contribution >= 4 is 23.7 Å². The SMILES string of the molecule is COC1=C(N=Nc2nc(SC)n[nH]2)C(=O)OC2(CCCCC2)O1. The van der Waals surface area contributed by atoms with Crippen LogP contribution in [0.1, 0.15) is 32.1 Å². The van der Waals surface area contributed by atoms with Crippen molar-refractivity contribution in [1.82, 2.24) is 15.2 Å². The van der Waals surface area contributed by atoms with Crippen molar-refractivity contribution in [3.05, 3.63) is 11.6 Å². The maximum absolute atomic E-state index is 12.3. The molecule has 10 heteroatoms. The lowest BCUT2D eigenvalue weighted by molar-refractivity contribution is -0.252. The molecule has 2 heterocycles. The molecule has 1 saturated carbocycles. The number of carbonyl (C=O) groups is 1. The Morgan fingerprint density at radius 3 is 2.70 bits per heavy atom. The molecule has 1 aliphatic carbocycles. The molecule has 124 valence electrons. The minimum atomic E-state index is -0.933. The van der Waals surface area contributed by atoms with Crippen LogP contribution in [-0.4, -0.2) is 40.3 Å². The first-order valence-corrected chi connectivity index (χ1v) is 8.47. The van der Waals surface area contributed by atoms with Crippen LogP contribution in [0.4, 0.5) is 5.95 Å². The molecule has 1 aromatic rings. The second-order valence-electron chi connectivity index (χ2n) is 5.15. The van der Waals surface area contributed by atoms with E-state index in [1.54, 1.807) is 0 Å². The molecule has 0 bridgehead atoms. The summed E-state index contributed by atoms with van der Waals surface area (Å²) in [6, 6.07) is 0. The van der Waals surface area contributed by atoms with E-state index in [-0.39, 0.29) is 17.6 Å². The molecular weight excluding hydrogens is 322 g/mol. The largest absolute Gasteiger partial charge is 0.467 e. The molecule has 1 N–H and O–H groups in total. The molecule has 2 aliphatic rings. The molecule has 0 saturated heterocycles. The van der Waals surface area contributed by atoms with E-state index in [1.165, 1.54) is 18.9 Å². The van der Waals surface area contributed by atoms with Gasteiger partial charge in [-0.3, -0.25) is 0 Å². The number of methoxy groups -OCH3 is 1. The van der Waals surface area contributed by atoms with Crippen molar-refractivity contribution in [3.8, 4) is 0 Å². The molecule has 23 heavy (non-hydrogen) atoms. The van der Waals surface area contributed by atoms with Gasteiger partial charge in [0.1, 0.15) is 0 Å². The van der Waals surface area contributed by atoms with Gasteiger partial charge in [0.05, 0.1) is 7.11 Å². The van der Waals surface area contributed by atoms with Gasteiger partial charge in [-0.25, -0.2) is 9.89 Å². The highest BCUT2D eigenvalue weighted by molar-refractivity contribution is 7.98. The van der Waals surface area contributed by atoms with Gasteiger partial charge in [0.25, 0.3) is 17.4 Å². The third-order valence-corrected chi connectivity index (χ3v) is 4.17. The van der Waals surface area contributed by atoms with E-state index >= 15 is 0 Å². The molecule has 0 aromatic carbocycles. The molecule has 0 radical (unpaired) electrons. The van der Waals surface area contributed by atoms with E-state index < -0.39 is 11.8 Å². The summed E-state index contributed by atoms with van der Waals surface area (Å²) in [6.45, 7) is 0. The summed E-state index contributed by atoms with van der Waals surface area (Å²) in [5.41, 5.74) is -0.120. The molecule has 1 spiro atoms. The number of hydrogen-bond donors (Lipinski definition) is 1. The second-order valence-corrected chi connectivity index (χ2v) is 5.92. The van der Waals surface area contributed by atoms with Gasteiger partial charge in [0.15, 0.2) is 0 Å². The van der Waals surface area contributed by atoms with E-state index in [0.29, 0.717) is 18.0 Å². The Morgan fingerprint density at radius 1 is 1.26 bits per heavy atom. The van der Waals surface area contributed by atoms with Crippen LogP contribution in [0.3, 0.4) is 0 Å². The maximum atomic E-state index is 12.3. The van der Waals surface area contributed by atoms with E-state index in [1.807, 2.05) is 6.26 Å². The van der Waals surface area contributed by atoms with Crippen molar-refractivity contribution < 1.29 is 19.0 Å². The standard InChI is InChI=1S/C13H17N5O4S/c1-20-10-8(15-16-11-14-12(23-2)18-17-11)9(19)21-13(22-10)6-4-3-5-7-13/h3-7H2,1-2H3,(H,14,17,18). The van der Waals surface area contributed by atoms with E-state index in [2.05, 4.69) is 25.4 Å². The lowest BCUT2D eigenvalue weighted by Gasteiger charge is -2.39. The van der Waals surface area contributed by atoms with Gasteiger partial charge in [-0.15, -0.1) is 15.3 Å². The zero-order valence-corrected chi connectivity index (χ0v) is 13.7. The number of azo groups is 1. The van der Waals surface area contributed by atoms with Gasteiger partial charge >= 0.3 is 11.9 Å². The number of hydrogen-bond acceptors (Lipinski definition) is 9. The van der Waals surface area contributed by atoms with Crippen LogP contribution < -0.4 is 0 Å².